The van der Waals surface area contributed by atoms with Gasteiger partial charge in [0.1, 0.15) is 0 Å². The van der Waals surface area contributed by atoms with Gasteiger partial charge >= 0.3 is 0 Å². The molecule has 88 valence electrons. The standard InChI is InChI=1S/C13H13BrN2O/c1-8-7-9(4-5-11(8)14)12-10-3-2-6-15-13(10)16-17-12/h4-5,7H,2-3,6H2,1H3,(H,15,16). The van der Waals surface area contributed by atoms with Crippen molar-refractivity contribution in [2.24, 2.45) is 0 Å². The number of hydrogen-bond donors (Lipinski definition) is 1. The summed E-state index contributed by atoms with van der Waals surface area (Å²) >= 11 is 3.51. The van der Waals surface area contributed by atoms with Crippen LogP contribution in [0.15, 0.2) is 27.2 Å². The van der Waals surface area contributed by atoms with Crippen molar-refractivity contribution in [3.8, 4) is 11.3 Å². The summed E-state index contributed by atoms with van der Waals surface area (Å²) in [6.45, 7) is 3.06. The number of hydrogen-bond acceptors (Lipinski definition) is 3. The average molecular weight is 293 g/mol. The minimum absolute atomic E-state index is 0.905. The molecule has 1 aromatic heterocycles. The van der Waals surface area contributed by atoms with E-state index in [1.807, 2.05) is 0 Å². The van der Waals surface area contributed by atoms with Gasteiger partial charge in [-0.05, 0) is 43.5 Å². The van der Waals surface area contributed by atoms with Gasteiger partial charge in [-0.15, -0.1) is 0 Å². The summed E-state index contributed by atoms with van der Waals surface area (Å²) in [5, 5.41) is 7.35. The molecule has 0 bridgehead atoms. The zero-order chi connectivity index (χ0) is 11.8. The Morgan fingerprint density at radius 3 is 3.12 bits per heavy atom. The molecule has 1 aliphatic heterocycles. The molecule has 0 amide bonds. The molecular weight excluding hydrogens is 280 g/mol. The number of aromatic nitrogens is 1. The molecule has 1 aromatic carbocycles. The first-order chi connectivity index (χ1) is 8.25. The Bertz CT molecular complexity index is 563. The van der Waals surface area contributed by atoms with Gasteiger partial charge in [-0.1, -0.05) is 21.1 Å². The molecule has 0 saturated heterocycles. The number of halogens is 1. The summed E-state index contributed by atoms with van der Waals surface area (Å²) in [5.41, 5.74) is 3.51. The molecule has 3 rings (SSSR count). The predicted molar refractivity (Wildman–Crippen MR) is 71.2 cm³/mol. The number of benzene rings is 1. The zero-order valence-electron chi connectivity index (χ0n) is 9.59. The molecule has 0 saturated carbocycles. The number of nitrogens with one attached hydrogen (secondary N) is 1. The maximum atomic E-state index is 5.47. The number of nitrogens with zero attached hydrogens (tertiary/aromatic N) is 1. The van der Waals surface area contributed by atoms with Gasteiger partial charge < -0.3 is 9.84 Å². The summed E-state index contributed by atoms with van der Waals surface area (Å²) in [7, 11) is 0. The number of anilines is 1. The van der Waals surface area contributed by atoms with Crippen molar-refractivity contribution in [1.82, 2.24) is 5.16 Å². The van der Waals surface area contributed by atoms with Crippen LogP contribution in [0.3, 0.4) is 0 Å². The first-order valence-electron chi connectivity index (χ1n) is 5.74. The van der Waals surface area contributed by atoms with Crippen LogP contribution in [0.25, 0.3) is 11.3 Å². The molecule has 2 heterocycles. The van der Waals surface area contributed by atoms with Crippen molar-refractivity contribution in [3.63, 3.8) is 0 Å². The molecule has 4 heteroatoms. The molecule has 1 N–H and O–H groups in total. The van der Waals surface area contributed by atoms with E-state index in [1.165, 1.54) is 11.1 Å². The Hall–Kier alpha value is -1.29. The third-order valence-electron chi connectivity index (χ3n) is 3.10. The van der Waals surface area contributed by atoms with Crippen LogP contribution in [0.5, 0.6) is 0 Å². The van der Waals surface area contributed by atoms with E-state index in [4.69, 9.17) is 4.52 Å². The maximum absolute atomic E-state index is 5.47. The van der Waals surface area contributed by atoms with Crippen molar-refractivity contribution in [3.05, 3.63) is 33.8 Å². The largest absolute Gasteiger partial charge is 0.367 e. The van der Waals surface area contributed by atoms with Gasteiger partial charge in [0.05, 0.1) is 0 Å². The molecule has 0 fully saturated rings. The third kappa shape index (κ3) is 1.86. The number of rotatable bonds is 1. The topological polar surface area (TPSA) is 38.1 Å². The second-order valence-corrected chi connectivity index (χ2v) is 5.19. The van der Waals surface area contributed by atoms with Crippen LogP contribution in [-0.4, -0.2) is 11.7 Å². The van der Waals surface area contributed by atoms with Gasteiger partial charge in [-0.2, -0.15) is 0 Å². The van der Waals surface area contributed by atoms with Crippen molar-refractivity contribution in [1.29, 1.82) is 0 Å². The van der Waals surface area contributed by atoms with Gasteiger partial charge in [-0.3, -0.25) is 0 Å². The second kappa shape index (κ2) is 4.18. The first kappa shape index (κ1) is 10.8. The van der Waals surface area contributed by atoms with Crippen molar-refractivity contribution >= 4 is 21.7 Å². The SMILES string of the molecule is Cc1cc(-c2onc3c2CCCN3)ccc1Br. The Morgan fingerprint density at radius 2 is 2.29 bits per heavy atom. The minimum atomic E-state index is 0.905. The Kier molecular flexibility index (Phi) is 2.67. The van der Waals surface area contributed by atoms with Crippen LogP contribution in [0.1, 0.15) is 17.5 Å². The van der Waals surface area contributed by atoms with E-state index in [0.29, 0.717) is 0 Å². The molecule has 0 spiro atoms. The lowest BCUT2D eigenvalue weighted by molar-refractivity contribution is 0.435. The first-order valence-corrected chi connectivity index (χ1v) is 6.54. The van der Waals surface area contributed by atoms with Gasteiger partial charge in [0.25, 0.3) is 0 Å². The highest BCUT2D eigenvalue weighted by molar-refractivity contribution is 9.10. The smallest absolute Gasteiger partial charge is 0.173 e. The average Bonchev–Trinajstić information content (AvgIpc) is 2.76. The highest BCUT2D eigenvalue weighted by atomic mass is 79.9. The van der Waals surface area contributed by atoms with Crippen LogP contribution in [0.4, 0.5) is 5.82 Å². The molecule has 0 atom stereocenters. The van der Waals surface area contributed by atoms with E-state index in [9.17, 15) is 0 Å². The van der Waals surface area contributed by atoms with Gasteiger partial charge in [0.2, 0.25) is 0 Å². The summed E-state index contributed by atoms with van der Waals surface area (Å²) in [6, 6.07) is 6.24. The minimum Gasteiger partial charge on any atom is -0.367 e. The molecule has 0 unspecified atom stereocenters. The van der Waals surface area contributed by atoms with Crippen LogP contribution in [0.2, 0.25) is 0 Å². The van der Waals surface area contributed by atoms with Crippen molar-refractivity contribution < 1.29 is 4.52 Å². The van der Waals surface area contributed by atoms with Crippen LogP contribution in [-0.2, 0) is 6.42 Å². The Balaban J connectivity index is 2.09. The van der Waals surface area contributed by atoms with E-state index in [-0.39, 0.29) is 0 Å². The van der Waals surface area contributed by atoms with Crippen LogP contribution < -0.4 is 5.32 Å². The Labute approximate surface area is 108 Å². The van der Waals surface area contributed by atoms with Crippen molar-refractivity contribution in [2.45, 2.75) is 19.8 Å². The van der Waals surface area contributed by atoms with Crippen molar-refractivity contribution in [2.75, 3.05) is 11.9 Å². The monoisotopic (exact) mass is 292 g/mol. The second-order valence-electron chi connectivity index (χ2n) is 4.33. The van der Waals surface area contributed by atoms with Crippen LogP contribution in [0, 0.1) is 6.92 Å². The quantitative estimate of drug-likeness (QED) is 0.869. The molecule has 0 radical (unpaired) electrons. The molecule has 2 aromatic rings. The van der Waals surface area contributed by atoms with E-state index >= 15 is 0 Å². The highest BCUT2D eigenvalue weighted by Gasteiger charge is 2.20. The normalized spacial score (nSPS) is 14.2. The summed E-state index contributed by atoms with van der Waals surface area (Å²) < 4.78 is 6.59. The fourth-order valence-corrected chi connectivity index (χ4v) is 2.41. The molecule has 0 aliphatic carbocycles. The predicted octanol–water partition coefficient (Wildman–Crippen LogP) is 3.77. The maximum Gasteiger partial charge on any atom is 0.173 e. The molecular formula is C13H13BrN2O. The van der Waals surface area contributed by atoms with E-state index < -0.39 is 0 Å². The lowest BCUT2D eigenvalue weighted by Gasteiger charge is -2.11. The zero-order valence-corrected chi connectivity index (χ0v) is 11.2. The summed E-state index contributed by atoms with van der Waals surface area (Å²) in [6.07, 6.45) is 2.17. The molecule has 1 aliphatic rings. The Morgan fingerprint density at radius 1 is 1.41 bits per heavy atom. The van der Waals surface area contributed by atoms with Gasteiger partial charge in [0, 0.05) is 22.1 Å². The summed E-state index contributed by atoms with van der Waals surface area (Å²) in [4.78, 5) is 0. The van der Waals surface area contributed by atoms with E-state index in [2.05, 4.69) is 51.5 Å². The molecule has 17 heavy (non-hydrogen) atoms. The van der Waals surface area contributed by atoms with E-state index in [0.717, 1.165) is 41.0 Å². The summed E-state index contributed by atoms with van der Waals surface area (Å²) in [5.74, 6) is 1.81. The number of aryl methyl sites for hydroxylation is 1. The lowest BCUT2D eigenvalue weighted by atomic mass is 10.0. The van der Waals surface area contributed by atoms with Gasteiger partial charge in [-0.25, -0.2) is 0 Å². The lowest BCUT2D eigenvalue weighted by Crippen LogP contribution is -2.10. The van der Waals surface area contributed by atoms with E-state index in [1.54, 1.807) is 0 Å². The molecule has 3 nitrogen and oxygen atoms in total. The number of fused-ring (bicyclic) bond motifs is 1. The van der Waals surface area contributed by atoms with Crippen LogP contribution >= 0.6 is 15.9 Å². The fourth-order valence-electron chi connectivity index (χ4n) is 2.16. The highest BCUT2D eigenvalue weighted by Crippen LogP contribution is 2.33. The fraction of sp³-hybridized carbons (Fsp3) is 0.308. The third-order valence-corrected chi connectivity index (χ3v) is 3.99. The van der Waals surface area contributed by atoms with Gasteiger partial charge in [0.15, 0.2) is 11.6 Å².